The van der Waals surface area contributed by atoms with Gasteiger partial charge in [0.1, 0.15) is 5.60 Å². The summed E-state index contributed by atoms with van der Waals surface area (Å²) in [4.78, 5) is 29.5. The third-order valence-electron chi connectivity index (χ3n) is 6.31. The normalized spacial score (nSPS) is 16.0. The highest BCUT2D eigenvalue weighted by Gasteiger charge is 2.30. The number of ketones is 1. The molecule has 178 valence electrons. The lowest BCUT2D eigenvalue weighted by Crippen LogP contribution is -2.51. The van der Waals surface area contributed by atoms with E-state index in [1.807, 2.05) is 39.0 Å². The van der Waals surface area contributed by atoms with Gasteiger partial charge >= 0.3 is 6.09 Å². The first-order valence-electron chi connectivity index (χ1n) is 12.1. The van der Waals surface area contributed by atoms with Crippen molar-refractivity contribution in [2.45, 2.75) is 59.1 Å². The molecule has 1 atom stereocenters. The molecular weight excluding hydrogens is 412 g/mol. The Hall–Kier alpha value is -2.66. The fourth-order valence-electron chi connectivity index (χ4n) is 4.46. The van der Waals surface area contributed by atoms with Crippen molar-refractivity contribution in [2.24, 2.45) is 5.92 Å². The number of hydrogen-bond donors (Lipinski definition) is 0. The van der Waals surface area contributed by atoms with Gasteiger partial charge in [0.25, 0.3) is 0 Å². The molecule has 0 aromatic heterocycles. The molecular formula is C28H38N2O3. The Morgan fingerprint density at radius 2 is 1.39 bits per heavy atom. The molecule has 1 amide bonds. The zero-order valence-electron chi connectivity index (χ0n) is 20.7. The van der Waals surface area contributed by atoms with Gasteiger partial charge in [0.2, 0.25) is 0 Å². The van der Waals surface area contributed by atoms with Gasteiger partial charge in [-0.3, -0.25) is 9.69 Å². The minimum Gasteiger partial charge on any atom is -0.444 e. The monoisotopic (exact) mass is 450 g/mol. The molecule has 1 aliphatic rings. The van der Waals surface area contributed by atoms with E-state index in [1.165, 1.54) is 5.56 Å². The van der Waals surface area contributed by atoms with E-state index in [1.54, 1.807) is 4.90 Å². The number of Topliss-reactive ketones (excluding diaryl/α,β-unsaturated/α-hetero) is 1. The first kappa shape index (κ1) is 25.0. The van der Waals surface area contributed by atoms with E-state index < -0.39 is 5.60 Å². The van der Waals surface area contributed by atoms with Gasteiger partial charge in [0.15, 0.2) is 5.78 Å². The zero-order valence-corrected chi connectivity index (χ0v) is 20.7. The van der Waals surface area contributed by atoms with Crippen LogP contribution in [0.4, 0.5) is 4.79 Å². The molecule has 33 heavy (non-hydrogen) atoms. The van der Waals surface area contributed by atoms with Crippen molar-refractivity contribution in [1.82, 2.24) is 9.80 Å². The van der Waals surface area contributed by atoms with E-state index in [0.29, 0.717) is 13.1 Å². The highest BCUT2D eigenvalue weighted by Crippen LogP contribution is 2.30. The lowest BCUT2D eigenvalue weighted by molar-refractivity contribution is 0.0119. The third-order valence-corrected chi connectivity index (χ3v) is 6.31. The highest BCUT2D eigenvalue weighted by atomic mass is 16.6. The summed E-state index contributed by atoms with van der Waals surface area (Å²) in [6.07, 6.45) is 1.49. The zero-order chi connectivity index (χ0) is 24.0. The molecule has 5 heteroatoms. The van der Waals surface area contributed by atoms with Gasteiger partial charge in [0, 0.05) is 37.7 Å². The largest absolute Gasteiger partial charge is 0.444 e. The Morgan fingerprint density at radius 3 is 1.91 bits per heavy atom. The average molecular weight is 451 g/mol. The van der Waals surface area contributed by atoms with Crippen LogP contribution in [-0.2, 0) is 4.74 Å². The summed E-state index contributed by atoms with van der Waals surface area (Å²) in [7, 11) is 0. The summed E-state index contributed by atoms with van der Waals surface area (Å²) >= 11 is 0. The van der Waals surface area contributed by atoms with E-state index >= 15 is 0 Å². The summed E-state index contributed by atoms with van der Waals surface area (Å²) < 4.78 is 5.55. The Kier molecular flexibility index (Phi) is 8.30. The smallest absolute Gasteiger partial charge is 0.410 e. The number of ether oxygens (including phenoxy) is 1. The number of rotatable bonds is 7. The van der Waals surface area contributed by atoms with Crippen LogP contribution in [0.2, 0.25) is 0 Å². The maximum absolute atomic E-state index is 12.8. The lowest BCUT2D eigenvalue weighted by atomic mass is 9.90. The van der Waals surface area contributed by atoms with Crippen molar-refractivity contribution in [2.75, 3.05) is 26.2 Å². The summed E-state index contributed by atoms with van der Waals surface area (Å²) in [5.74, 6) is 0.315. The molecule has 0 aliphatic carbocycles. The van der Waals surface area contributed by atoms with Gasteiger partial charge in [0.05, 0.1) is 6.04 Å². The molecule has 0 radical (unpaired) electrons. The van der Waals surface area contributed by atoms with Crippen molar-refractivity contribution in [3.05, 3.63) is 71.3 Å². The van der Waals surface area contributed by atoms with E-state index in [-0.39, 0.29) is 23.8 Å². The number of piperazine rings is 1. The Balaban J connectivity index is 1.79. The molecule has 0 N–H and O–H groups in total. The standard InChI is InChI=1S/C28H38N2O3/c1-6-21(7-2)26(31)24-15-13-23(14-16-24)25(22-11-9-8-10-12-22)29-17-19-30(20-18-29)27(32)33-28(3,4)5/h8-16,21,25H,6-7,17-20H2,1-5H3. The maximum atomic E-state index is 12.8. The van der Waals surface area contributed by atoms with Crippen molar-refractivity contribution in [3.63, 3.8) is 0 Å². The van der Waals surface area contributed by atoms with Crippen molar-refractivity contribution < 1.29 is 14.3 Å². The van der Waals surface area contributed by atoms with E-state index in [9.17, 15) is 9.59 Å². The second-order valence-corrected chi connectivity index (χ2v) is 9.82. The number of hydrogen-bond acceptors (Lipinski definition) is 4. The molecule has 0 bridgehead atoms. The minimum absolute atomic E-state index is 0.0734. The molecule has 0 spiro atoms. The summed E-state index contributed by atoms with van der Waals surface area (Å²) in [5, 5.41) is 0. The van der Waals surface area contributed by atoms with E-state index in [4.69, 9.17) is 4.74 Å². The Morgan fingerprint density at radius 1 is 0.848 bits per heavy atom. The van der Waals surface area contributed by atoms with Crippen molar-refractivity contribution in [1.29, 1.82) is 0 Å². The van der Waals surface area contributed by atoms with Crippen LogP contribution >= 0.6 is 0 Å². The first-order valence-corrected chi connectivity index (χ1v) is 12.1. The first-order chi connectivity index (χ1) is 15.7. The van der Waals surface area contributed by atoms with Gasteiger partial charge < -0.3 is 9.64 Å². The van der Waals surface area contributed by atoms with Crippen LogP contribution in [-0.4, -0.2) is 53.5 Å². The van der Waals surface area contributed by atoms with Gasteiger partial charge in [-0.1, -0.05) is 68.4 Å². The van der Waals surface area contributed by atoms with E-state index in [2.05, 4.69) is 55.1 Å². The molecule has 2 aromatic carbocycles. The lowest BCUT2D eigenvalue weighted by Gasteiger charge is -2.40. The molecule has 5 nitrogen and oxygen atoms in total. The van der Waals surface area contributed by atoms with Crippen LogP contribution in [0, 0.1) is 5.92 Å². The highest BCUT2D eigenvalue weighted by molar-refractivity contribution is 5.97. The van der Waals surface area contributed by atoms with E-state index in [0.717, 1.165) is 37.1 Å². The summed E-state index contributed by atoms with van der Waals surface area (Å²) in [5.41, 5.74) is 2.67. The molecule has 2 aromatic rings. The maximum Gasteiger partial charge on any atom is 0.410 e. The Labute approximate surface area is 198 Å². The second kappa shape index (κ2) is 11.0. The fourth-order valence-corrected chi connectivity index (χ4v) is 4.46. The summed E-state index contributed by atoms with van der Waals surface area (Å²) in [6.45, 7) is 12.6. The molecule has 1 saturated heterocycles. The molecule has 1 fully saturated rings. The van der Waals surface area contributed by atoms with Gasteiger partial charge in [-0.05, 0) is 44.7 Å². The predicted molar refractivity (Wildman–Crippen MR) is 133 cm³/mol. The van der Waals surface area contributed by atoms with Crippen LogP contribution in [0.5, 0.6) is 0 Å². The van der Waals surface area contributed by atoms with Gasteiger partial charge in [-0.25, -0.2) is 4.79 Å². The van der Waals surface area contributed by atoms with Gasteiger partial charge in [-0.2, -0.15) is 0 Å². The average Bonchev–Trinajstić information content (AvgIpc) is 2.80. The number of nitrogens with zero attached hydrogens (tertiary/aromatic N) is 2. The molecule has 0 saturated carbocycles. The molecule has 1 aliphatic heterocycles. The van der Waals surface area contributed by atoms with Crippen LogP contribution < -0.4 is 0 Å². The van der Waals surface area contributed by atoms with Crippen LogP contribution in [0.15, 0.2) is 54.6 Å². The topological polar surface area (TPSA) is 49.9 Å². The SMILES string of the molecule is CCC(CC)C(=O)c1ccc(C(c2ccccc2)N2CCN(C(=O)OC(C)(C)C)CC2)cc1. The molecule has 1 heterocycles. The van der Waals surface area contributed by atoms with Crippen LogP contribution in [0.25, 0.3) is 0 Å². The number of benzene rings is 2. The number of carbonyl (C=O) groups is 2. The molecule has 3 rings (SSSR count). The van der Waals surface area contributed by atoms with Gasteiger partial charge in [-0.15, -0.1) is 0 Å². The Bertz CT molecular complexity index is 906. The van der Waals surface area contributed by atoms with Crippen molar-refractivity contribution >= 4 is 11.9 Å². The second-order valence-electron chi connectivity index (χ2n) is 9.82. The molecule has 1 unspecified atom stereocenters. The fraction of sp³-hybridized carbons (Fsp3) is 0.500. The van der Waals surface area contributed by atoms with Crippen LogP contribution in [0.1, 0.15) is 75.0 Å². The number of carbonyl (C=O) groups excluding carboxylic acids is 2. The predicted octanol–water partition coefficient (Wildman–Crippen LogP) is 5.95. The minimum atomic E-state index is -0.492. The third kappa shape index (κ3) is 6.44. The summed E-state index contributed by atoms with van der Waals surface area (Å²) in [6, 6.07) is 18.6. The van der Waals surface area contributed by atoms with Crippen molar-refractivity contribution in [3.8, 4) is 0 Å². The quantitative estimate of drug-likeness (QED) is 0.489. The number of amides is 1. The van der Waals surface area contributed by atoms with Crippen LogP contribution in [0.3, 0.4) is 0 Å².